The van der Waals surface area contributed by atoms with E-state index in [4.69, 9.17) is 4.74 Å². The highest BCUT2D eigenvalue weighted by Crippen LogP contribution is 2.65. The summed E-state index contributed by atoms with van der Waals surface area (Å²) in [5, 5.41) is 22.8. The minimum atomic E-state index is -0.975. The molecule has 33 heavy (non-hydrogen) atoms. The summed E-state index contributed by atoms with van der Waals surface area (Å²) in [6.45, 7) is 9.97. The summed E-state index contributed by atoms with van der Waals surface area (Å²) >= 11 is 0. The van der Waals surface area contributed by atoms with Crippen LogP contribution < -0.4 is 0 Å². The second-order valence-corrected chi connectivity index (χ2v) is 11.4. The molecule has 4 aliphatic carbocycles. The van der Waals surface area contributed by atoms with Crippen molar-refractivity contribution < 1.29 is 24.5 Å². The van der Waals surface area contributed by atoms with Crippen molar-refractivity contribution in [3.8, 4) is 0 Å². The van der Waals surface area contributed by atoms with Crippen molar-refractivity contribution in [3.05, 3.63) is 46.1 Å². The Balaban J connectivity index is 1.53. The summed E-state index contributed by atoms with van der Waals surface area (Å²) in [7, 11) is 0. The first kappa shape index (κ1) is 22.8. The van der Waals surface area contributed by atoms with Crippen LogP contribution in [0.1, 0.15) is 73.1 Å². The van der Waals surface area contributed by atoms with Gasteiger partial charge in [0.2, 0.25) is 0 Å². The zero-order chi connectivity index (χ0) is 23.9. The molecule has 0 radical (unpaired) electrons. The van der Waals surface area contributed by atoms with Crippen LogP contribution in [0.3, 0.4) is 0 Å². The van der Waals surface area contributed by atoms with Crippen molar-refractivity contribution in [1.82, 2.24) is 0 Å². The monoisotopic (exact) mass is 452 g/mol. The predicted molar refractivity (Wildman–Crippen MR) is 125 cm³/mol. The molecule has 178 valence electrons. The minimum Gasteiger partial charge on any atom is -0.458 e. The van der Waals surface area contributed by atoms with Crippen LogP contribution in [0.4, 0.5) is 0 Å². The molecule has 0 aromatic heterocycles. The van der Waals surface area contributed by atoms with Crippen molar-refractivity contribution in [2.75, 3.05) is 0 Å². The number of hydrogen-bond acceptors (Lipinski definition) is 5. The van der Waals surface area contributed by atoms with Gasteiger partial charge in [0.1, 0.15) is 6.10 Å². The molecule has 5 heteroatoms. The summed E-state index contributed by atoms with van der Waals surface area (Å²) in [5.74, 6) is -0.343. The minimum absolute atomic E-state index is 0.0608. The Morgan fingerprint density at radius 2 is 1.91 bits per heavy atom. The smallest absolute Gasteiger partial charge is 0.333 e. The number of esters is 1. The van der Waals surface area contributed by atoms with E-state index in [9.17, 15) is 19.8 Å². The molecule has 1 heterocycles. The molecule has 0 amide bonds. The Morgan fingerprint density at radius 3 is 2.61 bits per heavy atom. The number of ether oxygens (including phenoxy) is 1. The number of ketones is 1. The van der Waals surface area contributed by atoms with Crippen LogP contribution >= 0.6 is 0 Å². The van der Waals surface area contributed by atoms with Gasteiger partial charge in [-0.05, 0) is 76.5 Å². The first-order valence-electron chi connectivity index (χ1n) is 12.4. The SMILES string of the molecule is CC1=C(C)C(=O)O[C@@H]([C@@H](C)[C@@]2(O)CCC3=C4CC=C5[C@@H](O)C=CC(=O)[C@]5(C)[C@H]4CC[C@@]32C)C1. The first-order chi connectivity index (χ1) is 15.4. The van der Waals surface area contributed by atoms with Gasteiger partial charge in [0.15, 0.2) is 5.78 Å². The van der Waals surface area contributed by atoms with Crippen LogP contribution in [0.25, 0.3) is 0 Å². The van der Waals surface area contributed by atoms with E-state index in [1.807, 2.05) is 20.8 Å². The van der Waals surface area contributed by atoms with Crippen LogP contribution in [0.15, 0.2) is 46.1 Å². The van der Waals surface area contributed by atoms with E-state index < -0.39 is 22.5 Å². The summed E-state index contributed by atoms with van der Waals surface area (Å²) in [4.78, 5) is 25.5. The third-order valence-corrected chi connectivity index (χ3v) is 10.2. The second kappa shape index (κ2) is 7.26. The Kier molecular flexibility index (Phi) is 5.01. The van der Waals surface area contributed by atoms with Crippen molar-refractivity contribution in [1.29, 1.82) is 0 Å². The highest BCUT2D eigenvalue weighted by Gasteiger charge is 2.63. The number of fused-ring (bicyclic) bond motifs is 4. The molecule has 1 fully saturated rings. The van der Waals surface area contributed by atoms with Gasteiger partial charge in [0.25, 0.3) is 0 Å². The van der Waals surface area contributed by atoms with E-state index in [2.05, 4.69) is 13.0 Å². The zero-order valence-corrected chi connectivity index (χ0v) is 20.4. The fourth-order valence-electron chi connectivity index (χ4n) is 7.77. The average Bonchev–Trinajstić information content (AvgIpc) is 3.06. The van der Waals surface area contributed by atoms with Crippen LogP contribution in [-0.2, 0) is 14.3 Å². The van der Waals surface area contributed by atoms with Crippen LogP contribution in [-0.4, -0.2) is 39.8 Å². The Labute approximate surface area is 196 Å². The molecular weight excluding hydrogens is 416 g/mol. The maximum atomic E-state index is 13.1. The highest BCUT2D eigenvalue weighted by molar-refractivity contribution is 5.99. The molecule has 5 nitrogen and oxygen atoms in total. The summed E-state index contributed by atoms with van der Waals surface area (Å²) < 4.78 is 5.79. The molecule has 2 N–H and O–H groups in total. The third kappa shape index (κ3) is 2.84. The van der Waals surface area contributed by atoms with Crippen LogP contribution in [0.2, 0.25) is 0 Å². The number of aliphatic hydroxyl groups excluding tert-OH is 1. The van der Waals surface area contributed by atoms with Gasteiger partial charge >= 0.3 is 5.97 Å². The number of cyclic esters (lactones) is 1. The fraction of sp³-hybridized carbons (Fsp3) is 0.643. The molecule has 0 saturated heterocycles. The molecule has 1 saturated carbocycles. The van der Waals surface area contributed by atoms with Crippen molar-refractivity contribution in [3.63, 3.8) is 0 Å². The van der Waals surface area contributed by atoms with E-state index in [0.717, 1.165) is 36.8 Å². The number of carbonyl (C=O) groups is 2. The first-order valence-corrected chi connectivity index (χ1v) is 12.4. The molecule has 5 rings (SSSR count). The van der Waals surface area contributed by atoms with Gasteiger partial charge < -0.3 is 14.9 Å². The van der Waals surface area contributed by atoms with Crippen molar-refractivity contribution in [2.24, 2.45) is 22.7 Å². The lowest BCUT2D eigenvalue weighted by molar-refractivity contribution is -0.164. The Morgan fingerprint density at radius 1 is 1.18 bits per heavy atom. The predicted octanol–water partition coefficient (Wildman–Crippen LogP) is 4.35. The maximum Gasteiger partial charge on any atom is 0.333 e. The van der Waals surface area contributed by atoms with Gasteiger partial charge in [-0.3, -0.25) is 4.79 Å². The highest BCUT2D eigenvalue weighted by atomic mass is 16.5. The number of carbonyl (C=O) groups excluding carboxylic acids is 2. The van der Waals surface area contributed by atoms with Gasteiger partial charge in [0.05, 0.1) is 17.1 Å². The standard InChI is InChI=1S/C28H36O5/c1-15-14-23(33-25(31)16(15)2)17(3)28(32)13-11-19-18-6-7-21-22(29)8-9-24(30)27(21,5)20(18)10-12-26(19,28)4/h7-9,17,20,22-23,29,32H,6,10-14H2,1-5H3/t17-,20+,22+,23-,26+,27-,28+/m1/s1. The summed E-state index contributed by atoms with van der Waals surface area (Å²) in [6, 6.07) is 0. The third-order valence-electron chi connectivity index (χ3n) is 10.2. The number of allylic oxidation sites excluding steroid dienone is 3. The lowest BCUT2D eigenvalue weighted by Gasteiger charge is -2.54. The van der Waals surface area contributed by atoms with E-state index in [-0.39, 0.29) is 29.7 Å². The van der Waals surface area contributed by atoms with Crippen LogP contribution in [0, 0.1) is 22.7 Å². The van der Waals surface area contributed by atoms with E-state index in [1.165, 1.54) is 11.1 Å². The summed E-state index contributed by atoms with van der Waals surface area (Å²) in [6.07, 6.45) is 8.56. The number of rotatable bonds is 2. The van der Waals surface area contributed by atoms with E-state index in [1.54, 1.807) is 19.1 Å². The molecule has 0 aromatic rings. The molecule has 7 atom stereocenters. The molecule has 0 aromatic carbocycles. The lowest BCUT2D eigenvalue weighted by atomic mass is 9.51. The molecule has 0 bridgehead atoms. The van der Waals surface area contributed by atoms with Crippen LogP contribution in [0.5, 0.6) is 0 Å². The number of hydrogen-bond donors (Lipinski definition) is 2. The van der Waals surface area contributed by atoms with Gasteiger partial charge in [-0.15, -0.1) is 0 Å². The lowest BCUT2D eigenvalue weighted by Crippen LogP contribution is -2.55. The molecular formula is C28H36O5. The van der Waals surface area contributed by atoms with E-state index >= 15 is 0 Å². The Bertz CT molecular complexity index is 1060. The van der Waals surface area contributed by atoms with Gasteiger partial charge in [-0.1, -0.05) is 36.6 Å². The average molecular weight is 453 g/mol. The molecule has 0 spiro atoms. The quantitative estimate of drug-likeness (QED) is 0.481. The fourth-order valence-corrected chi connectivity index (χ4v) is 7.77. The van der Waals surface area contributed by atoms with Gasteiger partial charge in [-0.2, -0.15) is 0 Å². The van der Waals surface area contributed by atoms with Gasteiger partial charge in [-0.25, -0.2) is 4.79 Å². The summed E-state index contributed by atoms with van der Waals surface area (Å²) in [5.41, 5.74) is 3.02. The zero-order valence-electron chi connectivity index (χ0n) is 20.4. The molecule has 5 aliphatic rings. The van der Waals surface area contributed by atoms with Crippen molar-refractivity contribution >= 4 is 11.8 Å². The van der Waals surface area contributed by atoms with Crippen molar-refractivity contribution in [2.45, 2.75) is 91.0 Å². The number of aliphatic hydroxyl groups is 2. The second-order valence-electron chi connectivity index (χ2n) is 11.4. The molecule has 1 aliphatic heterocycles. The van der Waals surface area contributed by atoms with E-state index in [0.29, 0.717) is 18.4 Å². The Hall–Kier alpha value is -1.98. The van der Waals surface area contributed by atoms with Gasteiger partial charge in [0, 0.05) is 23.3 Å². The maximum absolute atomic E-state index is 13.1. The largest absolute Gasteiger partial charge is 0.458 e. The normalized spacial score (nSPS) is 43.6. The molecule has 0 unspecified atom stereocenters. The topological polar surface area (TPSA) is 83.8 Å².